The van der Waals surface area contributed by atoms with Gasteiger partial charge in [-0.05, 0) is 0 Å². The molecule has 1 aliphatic rings. The topological polar surface area (TPSA) is 66.4 Å². The van der Waals surface area contributed by atoms with Crippen molar-refractivity contribution in [2.45, 2.75) is 13.0 Å². The molecule has 1 rings (SSSR count). The number of carbonyl (C=O) groups excluding carboxylic acids is 1. The predicted molar refractivity (Wildman–Crippen MR) is 33.6 cm³/mol. The summed E-state index contributed by atoms with van der Waals surface area (Å²) >= 11 is 0. The summed E-state index contributed by atoms with van der Waals surface area (Å²) in [5, 5.41) is 11.0. The average molecular weight is 143 g/mol. The van der Waals surface area contributed by atoms with Crippen LogP contribution in [0.4, 0.5) is 0 Å². The summed E-state index contributed by atoms with van der Waals surface area (Å²) < 4.78 is 0. The number of carboxylic acid groups (broad SMARTS) is 1. The third-order valence-corrected chi connectivity index (χ3v) is 1.65. The molecule has 56 valence electrons. The van der Waals surface area contributed by atoms with Crippen LogP contribution >= 0.6 is 0 Å². The Bertz CT molecular complexity index is 178. The number of Topliss-reactive ketones (excluding diaryl/α,β-unsaturated/α-hetero) is 1. The second kappa shape index (κ2) is 2.38. The van der Waals surface area contributed by atoms with E-state index < -0.39 is 12.0 Å². The van der Waals surface area contributed by atoms with Gasteiger partial charge in [-0.1, -0.05) is 6.92 Å². The molecule has 10 heavy (non-hydrogen) atoms. The number of carbonyl (C=O) groups is 2. The molecule has 0 aromatic heterocycles. The van der Waals surface area contributed by atoms with Gasteiger partial charge in [0.2, 0.25) is 0 Å². The largest absolute Gasteiger partial charge is 0.480 e. The maximum absolute atomic E-state index is 10.9. The van der Waals surface area contributed by atoms with Gasteiger partial charge in [0.25, 0.3) is 0 Å². The van der Waals surface area contributed by atoms with Gasteiger partial charge in [-0.15, -0.1) is 0 Å². The lowest BCUT2D eigenvalue weighted by Crippen LogP contribution is -2.35. The van der Waals surface area contributed by atoms with E-state index in [1.165, 1.54) is 0 Å². The van der Waals surface area contributed by atoms with Gasteiger partial charge in [-0.3, -0.25) is 14.9 Å². The van der Waals surface area contributed by atoms with E-state index in [1.807, 2.05) is 0 Å². The van der Waals surface area contributed by atoms with Crippen molar-refractivity contribution in [2.75, 3.05) is 6.54 Å². The SMILES string of the molecule is CC1CNC(C(=O)O)C1=O. The second-order valence-electron chi connectivity index (χ2n) is 2.48. The van der Waals surface area contributed by atoms with Crippen LogP contribution in [-0.4, -0.2) is 29.4 Å². The first-order chi connectivity index (χ1) is 4.63. The third kappa shape index (κ3) is 1.02. The smallest absolute Gasteiger partial charge is 0.328 e. The highest BCUT2D eigenvalue weighted by Crippen LogP contribution is 2.07. The van der Waals surface area contributed by atoms with Gasteiger partial charge in [0.1, 0.15) is 0 Å². The lowest BCUT2D eigenvalue weighted by atomic mass is 10.1. The van der Waals surface area contributed by atoms with Gasteiger partial charge in [0, 0.05) is 12.5 Å². The molecule has 0 spiro atoms. The van der Waals surface area contributed by atoms with Crippen molar-refractivity contribution >= 4 is 11.8 Å². The normalized spacial score (nSPS) is 32.7. The maximum atomic E-state index is 10.9. The predicted octanol–water partition coefficient (Wildman–Crippen LogP) is -0.752. The molecule has 2 unspecified atom stereocenters. The zero-order valence-corrected chi connectivity index (χ0v) is 5.63. The highest BCUT2D eigenvalue weighted by atomic mass is 16.4. The maximum Gasteiger partial charge on any atom is 0.328 e. The summed E-state index contributed by atoms with van der Waals surface area (Å²) in [5.74, 6) is -1.44. The zero-order chi connectivity index (χ0) is 7.72. The fourth-order valence-corrected chi connectivity index (χ4v) is 0.989. The summed E-state index contributed by atoms with van der Waals surface area (Å²) in [7, 11) is 0. The van der Waals surface area contributed by atoms with Crippen molar-refractivity contribution in [3.05, 3.63) is 0 Å². The van der Waals surface area contributed by atoms with Crippen molar-refractivity contribution in [1.82, 2.24) is 5.32 Å². The fraction of sp³-hybridized carbons (Fsp3) is 0.667. The lowest BCUT2D eigenvalue weighted by molar-refractivity contribution is -0.142. The molecule has 1 saturated heterocycles. The second-order valence-corrected chi connectivity index (χ2v) is 2.48. The molecular formula is C6H9NO3. The molecular weight excluding hydrogens is 134 g/mol. The molecule has 0 radical (unpaired) electrons. The number of hydrogen-bond donors (Lipinski definition) is 2. The first kappa shape index (κ1) is 7.21. The number of hydrogen-bond acceptors (Lipinski definition) is 3. The molecule has 1 heterocycles. The number of nitrogens with one attached hydrogen (secondary N) is 1. The standard InChI is InChI=1S/C6H9NO3/c1-3-2-7-4(5(3)8)6(9)10/h3-4,7H,2H2,1H3,(H,9,10). The summed E-state index contributed by atoms with van der Waals surface area (Å²) in [6.07, 6.45) is 0. The first-order valence-electron chi connectivity index (χ1n) is 3.13. The number of rotatable bonds is 1. The van der Waals surface area contributed by atoms with Crippen LogP contribution in [0.25, 0.3) is 0 Å². The Morgan fingerprint density at radius 2 is 2.40 bits per heavy atom. The number of carboxylic acids is 1. The van der Waals surface area contributed by atoms with E-state index in [1.54, 1.807) is 6.92 Å². The molecule has 4 heteroatoms. The first-order valence-corrected chi connectivity index (χ1v) is 3.13. The molecule has 1 fully saturated rings. The molecule has 0 aromatic rings. The monoisotopic (exact) mass is 143 g/mol. The quantitative estimate of drug-likeness (QED) is 0.474. The van der Waals surface area contributed by atoms with E-state index in [9.17, 15) is 9.59 Å². The molecule has 0 aromatic carbocycles. The van der Waals surface area contributed by atoms with Crippen LogP contribution in [0.15, 0.2) is 0 Å². The summed E-state index contributed by atoms with van der Waals surface area (Å²) in [5.41, 5.74) is 0. The molecule has 0 amide bonds. The molecule has 0 aliphatic carbocycles. The number of aliphatic carboxylic acids is 1. The minimum atomic E-state index is -1.07. The Morgan fingerprint density at radius 3 is 2.60 bits per heavy atom. The molecule has 4 nitrogen and oxygen atoms in total. The summed E-state index contributed by atoms with van der Waals surface area (Å²) in [4.78, 5) is 21.2. The zero-order valence-electron chi connectivity index (χ0n) is 5.63. The Morgan fingerprint density at radius 1 is 1.80 bits per heavy atom. The van der Waals surface area contributed by atoms with E-state index in [-0.39, 0.29) is 11.7 Å². The van der Waals surface area contributed by atoms with Gasteiger partial charge < -0.3 is 5.11 Å². The lowest BCUT2D eigenvalue weighted by Gasteiger charge is -1.99. The van der Waals surface area contributed by atoms with Crippen molar-refractivity contribution < 1.29 is 14.7 Å². The Hall–Kier alpha value is -0.900. The minimum Gasteiger partial charge on any atom is -0.480 e. The molecule has 0 bridgehead atoms. The van der Waals surface area contributed by atoms with Crippen molar-refractivity contribution in [3.8, 4) is 0 Å². The summed E-state index contributed by atoms with van der Waals surface area (Å²) in [6.45, 7) is 2.20. The summed E-state index contributed by atoms with van der Waals surface area (Å²) in [6, 6.07) is -0.963. The molecule has 1 aliphatic heterocycles. The Balaban J connectivity index is 2.66. The van der Waals surface area contributed by atoms with Crippen LogP contribution in [0.3, 0.4) is 0 Å². The van der Waals surface area contributed by atoms with Crippen LogP contribution < -0.4 is 5.32 Å². The van der Waals surface area contributed by atoms with Crippen LogP contribution in [0.5, 0.6) is 0 Å². The van der Waals surface area contributed by atoms with Crippen molar-refractivity contribution in [2.24, 2.45) is 5.92 Å². The Kier molecular flexibility index (Phi) is 1.72. The van der Waals surface area contributed by atoms with Crippen LogP contribution in [-0.2, 0) is 9.59 Å². The van der Waals surface area contributed by atoms with Crippen LogP contribution in [0.2, 0.25) is 0 Å². The van der Waals surface area contributed by atoms with Gasteiger partial charge in [0.05, 0.1) is 0 Å². The Labute approximate surface area is 58.2 Å². The average Bonchev–Trinajstić information content (AvgIpc) is 2.14. The van der Waals surface area contributed by atoms with E-state index in [2.05, 4.69) is 5.32 Å². The highest BCUT2D eigenvalue weighted by Gasteiger charge is 2.35. The van der Waals surface area contributed by atoms with Crippen molar-refractivity contribution in [3.63, 3.8) is 0 Å². The van der Waals surface area contributed by atoms with Gasteiger partial charge >= 0.3 is 5.97 Å². The fourth-order valence-electron chi connectivity index (χ4n) is 0.989. The van der Waals surface area contributed by atoms with E-state index >= 15 is 0 Å². The van der Waals surface area contributed by atoms with E-state index in [0.717, 1.165) is 0 Å². The third-order valence-electron chi connectivity index (χ3n) is 1.65. The van der Waals surface area contributed by atoms with Crippen LogP contribution in [0.1, 0.15) is 6.92 Å². The molecule has 0 saturated carbocycles. The van der Waals surface area contributed by atoms with E-state index in [4.69, 9.17) is 5.11 Å². The molecule has 2 atom stereocenters. The van der Waals surface area contributed by atoms with Crippen LogP contribution in [0, 0.1) is 5.92 Å². The highest BCUT2D eigenvalue weighted by molar-refractivity contribution is 6.04. The van der Waals surface area contributed by atoms with Gasteiger partial charge in [0.15, 0.2) is 11.8 Å². The van der Waals surface area contributed by atoms with E-state index in [0.29, 0.717) is 6.54 Å². The van der Waals surface area contributed by atoms with Gasteiger partial charge in [-0.25, -0.2) is 0 Å². The van der Waals surface area contributed by atoms with Gasteiger partial charge in [-0.2, -0.15) is 0 Å². The number of ketones is 1. The minimum absolute atomic E-state index is 0.152. The molecule has 2 N–H and O–H groups in total. The van der Waals surface area contributed by atoms with Crippen molar-refractivity contribution in [1.29, 1.82) is 0 Å².